The van der Waals surface area contributed by atoms with E-state index in [1.807, 2.05) is 19.1 Å². The van der Waals surface area contributed by atoms with Gasteiger partial charge < -0.3 is 5.32 Å². The summed E-state index contributed by atoms with van der Waals surface area (Å²) in [6, 6.07) is 6.95. The largest absolute Gasteiger partial charge is 0.354 e. The second-order valence-corrected chi connectivity index (χ2v) is 8.04. The van der Waals surface area contributed by atoms with E-state index in [4.69, 9.17) is 0 Å². The number of anilines is 1. The molecule has 0 fully saturated rings. The van der Waals surface area contributed by atoms with Crippen molar-refractivity contribution in [3.05, 3.63) is 34.8 Å². The molecule has 0 aliphatic carbocycles. The van der Waals surface area contributed by atoms with Gasteiger partial charge in [0.25, 0.3) is 0 Å². The van der Waals surface area contributed by atoms with Crippen LogP contribution in [0.2, 0.25) is 0 Å². The van der Waals surface area contributed by atoms with Gasteiger partial charge in [0, 0.05) is 12.7 Å². The topological polar surface area (TPSA) is 72.0 Å². The Kier molecular flexibility index (Phi) is 4.95. The number of benzene rings is 1. The first kappa shape index (κ1) is 15.9. The van der Waals surface area contributed by atoms with Crippen molar-refractivity contribution < 1.29 is 8.42 Å². The minimum atomic E-state index is -3.15. The Hall–Kier alpha value is -1.47. The smallest absolute Gasteiger partial charge is 0.206 e. The maximum absolute atomic E-state index is 11.4. The minimum Gasteiger partial charge on any atom is -0.354 e. The zero-order valence-corrected chi connectivity index (χ0v) is 14.0. The molecule has 0 aliphatic rings. The summed E-state index contributed by atoms with van der Waals surface area (Å²) in [7, 11) is -3.15. The van der Waals surface area contributed by atoms with E-state index in [1.165, 1.54) is 6.26 Å². The predicted octanol–water partition coefficient (Wildman–Crippen LogP) is 3.07. The van der Waals surface area contributed by atoms with Crippen molar-refractivity contribution in [1.82, 2.24) is 10.2 Å². The van der Waals surface area contributed by atoms with Gasteiger partial charge in [0.2, 0.25) is 5.13 Å². The van der Waals surface area contributed by atoms with Crippen molar-refractivity contribution in [3.63, 3.8) is 0 Å². The van der Waals surface area contributed by atoms with E-state index in [1.54, 1.807) is 23.5 Å². The normalized spacial score (nSPS) is 13.1. The Morgan fingerprint density at radius 3 is 2.48 bits per heavy atom. The van der Waals surface area contributed by atoms with Crippen molar-refractivity contribution in [2.45, 2.75) is 37.6 Å². The van der Waals surface area contributed by atoms with Crippen molar-refractivity contribution in [2.24, 2.45) is 0 Å². The zero-order chi connectivity index (χ0) is 15.5. The second kappa shape index (κ2) is 6.53. The van der Waals surface area contributed by atoms with Crippen molar-refractivity contribution in [2.75, 3.05) is 11.6 Å². The van der Waals surface area contributed by atoms with E-state index in [2.05, 4.69) is 22.4 Å². The summed E-state index contributed by atoms with van der Waals surface area (Å²) in [5.41, 5.74) is 1.01. The van der Waals surface area contributed by atoms with Gasteiger partial charge >= 0.3 is 0 Å². The molecule has 2 rings (SSSR count). The van der Waals surface area contributed by atoms with Crippen molar-refractivity contribution in [1.29, 1.82) is 0 Å². The molecule has 0 aliphatic heterocycles. The molecule has 5 nitrogen and oxygen atoms in total. The third kappa shape index (κ3) is 4.25. The summed E-state index contributed by atoms with van der Waals surface area (Å²) in [5, 5.41) is 13.4. The van der Waals surface area contributed by atoms with Gasteiger partial charge in [-0.3, -0.25) is 0 Å². The molecule has 0 radical (unpaired) electrons. The van der Waals surface area contributed by atoms with E-state index in [0.29, 0.717) is 4.90 Å². The Labute approximate surface area is 129 Å². The van der Waals surface area contributed by atoms with Crippen molar-refractivity contribution in [3.8, 4) is 0 Å². The molecule has 1 heterocycles. The van der Waals surface area contributed by atoms with Gasteiger partial charge in [-0.25, -0.2) is 8.42 Å². The summed E-state index contributed by atoms with van der Waals surface area (Å²) < 4.78 is 22.9. The molecule has 7 heteroatoms. The van der Waals surface area contributed by atoms with Crippen LogP contribution in [0.4, 0.5) is 5.13 Å². The van der Waals surface area contributed by atoms with Gasteiger partial charge in [-0.05, 0) is 31.0 Å². The molecule has 1 unspecified atom stereocenters. The quantitative estimate of drug-likeness (QED) is 0.883. The monoisotopic (exact) mass is 325 g/mol. The van der Waals surface area contributed by atoms with Gasteiger partial charge in [-0.2, -0.15) is 0 Å². The molecule has 1 N–H and O–H groups in total. The molecule has 0 saturated heterocycles. The predicted molar refractivity (Wildman–Crippen MR) is 85.5 cm³/mol. The third-order valence-corrected chi connectivity index (χ3v) is 5.12. The van der Waals surface area contributed by atoms with Gasteiger partial charge in [0.15, 0.2) is 9.84 Å². The Bertz CT molecular complexity index is 693. The van der Waals surface area contributed by atoms with Crippen LogP contribution >= 0.6 is 11.3 Å². The molecular formula is C14H19N3O2S2. The average Bonchev–Trinajstić information content (AvgIpc) is 2.86. The molecule has 1 atom stereocenters. The molecule has 0 bridgehead atoms. The molecule has 0 amide bonds. The zero-order valence-electron chi connectivity index (χ0n) is 12.3. The van der Waals surface area contributed by atoms with Crippen LogP contribution < -0.4 is 5.32 Å². The lowest BCUT2D eigenvalue weighted by Gasteiger charge is -2.13. The van der Waals surface area contributed by atoms with E-state index in [0.717, 1.165) is 28.5 Å². The number of hydrogen-bond acceptors (Lipinski definition) is 6. The number of nitrogens with zero attached hydrogens (tertiary/aromatic N) is 2. The summed E-state index contributed by atoms with van der Waals surface area (Å²) in [6.07, 6.45) is 3.20. The summed E-state index contributed by atoms with van der Waals surface area (Å²) >= 11 is 1.56. The fourth-order valence-electron chi connectivity index (χ4n) is 1.90. The molecular weight excluding hydrogens is 306 g/mol. The molecule has 1 aromatic heterocycles. The average molecular weight is 325 g/mol. The van der Waals surface area contributed by atoms with E-state index in [-0.39, 0.29) is 6.04 Å². The summed E-state index contributed by atoms with van der Waals surface area (Å²) in [5.74, 6) is 0. The molecule has 0 saturated carbocycles. The lowest BCUT2D eigenvalue weighted by atomic mass is 10.1. The fraction of sp³-hybridized carbons (Fsp3) is 0.429. The van der Waals surface area contributed by atoms with E-state index < -0.39 is 9.84 Å². The molecule has 2 aromatic rings. The first-order valence-corrected chi connectivity index (χ1v) is 9.50. The number of sulfone groups is 1. The van der Waals surface area contributed by atoms with Crippen LogP contribution in [0.25, 0.3) is 0 Å². The van der Waals surface area contributed by atoms with Gasteiger partial charge in [-0.1, -0.05) is 30.4 Å². The van der Waals surface area contributed by atoms with Crippen LogP contribution in [0.3, 0.4) is 0 Å². The Morgan fingerprint density at radius 2 is 1.90 bits per heavy atom. The lowest BCUT2D eigenvalue weighted by Crippen LogP contribution is -2.07. The maximum atomic E-state index is 11.4. The molecule has 0 spiro atoms. The number of aromatic nitrogens is 2. The van der Waals surface area contributed by atoms with E-state index in [9.17, 15) is 8.42 Å². The first-order valence-electron chi connectivity index (χ1n) is 6.79. The molecule has 1 aromatic carbocycles. The first-order chi connectivity index (χ1) is 9.90. The summed E-state index contributed by atoms with van der Waals surface area (Å²) in [4.78, 5) is 0.333. The fourth-order valence-corrected chi connectivity index (χ4v) is 3.46. The SMILES string of the molecule is CCCc1nnc(NC(C)c2ccc(S(C)(=O)=O)cc2)s1. The molecule has 114 valence electrons. The van der Waals surface area contributed by atoms with Crippen LogP contribution in [0.1, 0.15) is 36.9 Å². The highest BCUT2D eigenvalue weighted by Crippen LogP contribution is 2.23. The minimum absolute atomic E-state index is 0.0426. The second-order valence-electron chi connectivity index (χ2n) is 4.96. The highest BCUT2D eigenvalue weighted by Gasteiger charge is 2.11. The van der Waals surface area contributed by atoms with Crippen LogP contribution in [-0.4, -0.2) is 24.9 Å². The summed E-state index contributed by atoms with van der Waals surface area (Å²) in [6.45, 7) is 4.12. The van der Waals surface area contributed by atoms with Crippen molar-refractivity contribution >= 4 is 26.3 Å². The van der Waals surface area contributed by atoms with Crippen LogP contribution in [0, 0.1) is 0 Å². The highest BCUT2D eigenvalue weighted by molar-refractivity contribution is 7.90. The van der Waals surface area contributed by atoms with E-state index >= 15 is 0 Å². The van der Waals surface area contributed by atoms with Gasteiger partial charge in [-0.15, -0.1) is 10.2 Å². The Balaban J connectivity index is 2.07. The number of aryl methyl sites for hydroxylation is 1. The van der Waals surface area contributed by atoms with Crippen LogP contribution in [0.5, 0.6) is 0 Å². The maximum Gasteiger partial charge on any atom is 0.206 e. The lowest BCUT2D eigenvalue weighted by molar-refractivity contribution is 0.602. The van der Waals surface area contributed by atoms with Gasteiger partial charge in [0.05, 0.1) is 10.9 Å². The number of nitrogens with one attached hydrogen (secondary N) is 1. The number of rotatable bonds is 6. The number of hydrogen-bond donors (Lipinski definition) is 1. The van der Waals surface area contributed by atoms with Crippen LogP contribution in [-0.2, 0) is 16.3 Å². The molecule has 21 heavy (non-hydrogen) atoms. The highest BCUT2D eigenvalue weighted by atomic mass is 32.2. The standard InChI is InChI=1S/C14H19N3O2S2/c1-4-5-13-16-17-14(20-13)15-10(2)11-6-8-12(9-7-11)21(3,18)19/h6-10H,4-5H2,1-3H3,(H,15,17). The van der Waals surface area contributed by atoms with Gasteiger partial charge in [0.1, 0.15) is 5.01 Å². The third-order valence-electron chi connectivity index (χ3n) is 3.08. The Morgan fingerprint density at radius 1 is 1.24 bits per heavy atom. The van der Waals surface area contributed by atoms with Crippen LogP contribution in [0.15, 0.2) is 29.2 Å².